The summed E-state index contributed by atoms with van der Waals surface area (Å²) >= 11 is 1.65. The predicted octanol–water partition coefficient (Wildman–Crippen LogP) is 2.71. The molecule has 0 spiro atoms. The lowest BCUT2D eigenvalue weighted by Crippen LogP contribution is -2.36. The van der Waals surface area contributed by atoms with Gasteiger partial charge in [-0.2, -0.15) is 11.8 Å². The van der Waals surface area contributed by atoms with E-state index in [0.717, 1.165) is 12.2 Å². The van der Waals surface area contributed by atoms with Crippen LogP contribution in [0.25, 0.3) is 0 Å². The van der Waals surface area contributed by atoms with Gasteiger partial charge in [-0.3, -0.25) is 4.79 Å². The van der Waals surface area contributed by atoms with Gasteiger partial charge >= 0.3 is 0 Å². The van der Waals surface area contributed by atoms with Gasteiger partial charge in [0.25, 0.3) is 5.91 Å². The second-order valence-electron chi connectivity index (χ2n) is 3.88. The molecule has 5 heteroatoms. The van der Waals surface area contributed by atoms with Crippen LogP contribution in [0.1, 0.15) is 23.7 Å². The number of carbonyl (C=O) groups is 1. The van der Waals surface area contributed by atoms with Crippen LogP contribution in [0.5, 0.6) is 5.75 Å². The molecule has 3 nitrogen and oxygen atoms in total. The number of hydrogen-bond donors (Lipinski definition) is 1. The van der Waals surface area contributed by atoms with Crippen LogP contribution in [0.4, 0.5) is 4.39 Å². The number of carbonyl (C=O) groups excluding carboxylic acids is 1. The maximum atomic E-state index is 13.7. The van der Waals surface area contributed by atoms with E-state index in [4.69, 9.17) is 4.74 Å². The number of rotatable bonds is 6. The monoisotopic (exact) mass is 271 g/mol. The van der Waals surface area contributed by atoms with E-state index < -0.39 is 5.82 Å². The van der Waals surface area contributed by atoms with E-state index >= 15 is 0 Å². The molecule has 0 fully saturated rings. The van der Waals surface area contributed by atoms with Crippen LogP contribution in [0.2, 0.25) is 0 Å². The van der Waals surface area contributed by atoms with Crippen LogP contribution in [0.3, 0.4) is 0 Å². The van der Waals surface area contributed by atoms with Gasteiger partial charge in [-0.1, -0.05) is 6.92 Å². The average molecular weight is 271 g/mol. The van der Waals surface area contributed by atoms with E-state index in [-0.39, 0.29) is 17.5 Å². The lowest BCUT2D eigenvalue weighted by Gasteiger charge is -2.16. The quantitative estimate of drug-likeness (QED) is 0.864. The lowest BCUT2D eigenvalue weighted by molar-refractivity contribution is 0.0936. The van der Waals surface area contributed by atoms with Gasteiger partial charge in [0.15, 0.2) is 0 Å². The van der Waals surface area contributed by atoms with Crippen molar-refractivity contribution in [3.8, 4) is 5.75 Å². The van der Waals surface area contributed by atoms with E-state index in [0.29, 0.717) is 5.75 Å². The molecule has 0 aliphatic carbocycles. The highest BCUT2D eigenvalue weighted by atomic mass is 32.2. The van der Waals surface area contributed by atoms with Crippen molar-refractivity contribution in [2.45, 2.75) is 19.4 Å². The van der Waals surface area contributed by atoms with Crippen molar-refractivity contribution in [2.24, 2.45) is 0 Å². The number of amides is 1. The minimum absolute atomic E-state index is 0.0513. The third kappa shape index (κ3) is 3.91. The Morgan fingerprint density at radius 1 is 1.56 bits per heavy atom. The Kier molecular flexibility index (Phi) is 5.98. The summed E-state index contributed by atoms with van der Waals surface area (Å²) in [6.07, 6.45) is 2.80. The molecule has 1 atom stereocenters. The molecule has 1 aromatic rings. The highest BCUT2D eigenvalue weighted by Gasteiger charge is 2.15. The Hall–Kier alpha value is -1.23. The highest BCUT2D eigenvalue weighted by Crippen LogP contribution is 2.16. The first-order valence-corrected chi connectivity index (χ1v) is 7.15. The molecule has 0 saturated carbocycles. The number of methoxy groups -OCH3 is 1. The van der Waals surface area contributed by atoms with Crippen molar-refractivity contribution in [3.05, 3.63) is 29.6 Å². The molecule has 0 aliphatic heterocycles. The van der Waals surface area contributed by atoms with Gasteiger partial charge in [0.2, 0.25) is 0 Å². The molecule has 1 aromatic carbocycles. The van der Waals surface area contributed by atoms with Crippen LogP contribution in [-0.4, -0.2) is 31.1 Å². The van der Waals surface area contributed by atoms with E-state index in [1.54, 1.807) is 17.8 Å². The average Bonchev–Trinajstić information content (AvgIpc) is 2.37. The summed E-state index contributed by atoms with van der Waals surface area (Å²) in [5, 5.41) is 2.82. The Morgan fingerprint density at radius 2 is 2.28 bits per heavy atom. The zero-order valence-electron chi connectivity index (χ0n) is 10.8. The molecule has 18 heavy (non-hydrogen) atoms. The molecule has 0 saturated heterocycles. The van der Waals surface area contributed by atoms with Crippen LogP contribution >= 0.6 is 11.8 Å². The maximum absolute atomic E-state index is 13.7. The first-order chi connectivity index (χ1) is 8.62. The fourth-order valence-electron chi connectivity index (χ4n) is 1.53. The largest absolute Gasteiger partial charge is 0.497 e. The Balaban J connectivity index is 2.77. The van der Waals surface area contributed by atoms with E-state index in [9.17, 15) is 9.18 Å². The SMILES string of the molecule is CCC(CSC)NC(=O)c1ccc(OC)cc1F. The fraction of sp³-hybridized carbons (Fsp3) is 0.462. The summed E-state index contributed by atoms with van der Waals surface area (Å²) in [5.41, 5.74) is 0.0513. The first-order valence-electron chi connectivity index (χ1n) is 5.75. The van der Waals surface area contributed by atoms with E-state index in [2.05, 4.69) is 5.32 Å². The number of hydrogen-bond acceptors (Lipinski definition) is 3. The topological polar surface area (TPSA) is 38.3 Å². The summed E-state index contributed by atoms with van der Waals surface area (Å²) < 4.78 is 18.6. The second kappa shape index (κ2) is 7.26. The summed E-state index contributed by atoms with van der Waals surface area (Å²) in [4.78, 5) is 11.9. The van der Waals surface area contributed by atoms with Crippen LogP contribution < -0.4 is 10.1 Å². The molecule has 1 rings (SSSR count). The van der Waals surface area contributed by atoms with Gasteiger partial charge in [-0.15, -0.1) is 0 Å². The van der Waals surface area contributed by atoms with Crippen molar-refractivity contribution in [3.63, 3.8) is 0 Å². The molecule has 1 amide bonds. The van der Waals surface area contributed by atoms with Crippen molar-refractivity contribution in [1.82, 2.24) is 5.32 Å². The normalized spacial score (nSPS) is 12.0. The number of halogens is 1. The predicted molar refractivity (Wildman–Crippen MR) is 72.9 cm³/mol. The summed E-state index contributed by atoms with van der Waals surface area (Å²) in [6.45, 7) is 1.99. The minimum atomic E-state index is -0.564. The number of thioether (sulfide) groups is 1. The standard InChI is InChI=1S/C13H18FNO2S/c1-4-9(8-18-3)15-13(16)11-6-5-10(17-2)7-12(11)14/h5-7,9H,4,8H2,1-3H3,(H,15,16). The summed E-state index contributed by atoms with van der Waals surface area (Å²) in [6, 6.07) is 4.29. The molecule has 0 heterocycles. The van der Waals surface area contributed by atoms with Gasteiger partial charge in [-0.05, 0) is 24.8 Å². The third-order valence-electron chi connectivity index (χ3n) is 2.62. The number of nitrogens with one attached hydrogen (secondary N) is 1. The fourth-order valence-corrected chi connectivity index (χ4v) is 2.25. The highest BCUT2D eigenvalue weighted by molar-refractivity contribution is 7.98. The van der Waals surface area contributed by atoms with E-state index in [1.165, 1.54) is 19.2 Å². The molecule has 0 bridgehead atoms. The number of benzene rings is 1. The molecule has 0 radical (unpaired) electrons. The first kappa shape index (κ1) is 14.8. The summed E-state index contributed by atoms with van der Waals surface area (Å²) in [7, 11) is 1.46. The van der Waals surface area contributed by atoms with Crippen molar-refractivity contribution in [1.29, 1.82) is 0 Å². The van der Waals surface area contributed by atoms with E-state index in [1.807, 2.05) is 13.2 Å². The van der Waals surface area contributed by atoms with Gasteiger partial charge in [0, 0.05) is 17.9 Å². The second-order valence-corrected chi connectivity index (χ2v) is 4.79. The van der Waals surface area contributed by atoms with Crippen LogP contribution in [0, 0.1) is 5.82 Å². The molecule has 1 N–H and O–H groups in total. The van der Waals surface area contributed by atoms with Crippen molar-refractivity contribution >= 4 is 17.7 Å². The molecule has 100 valence electrons. The van der Waals surface area contributed by atoms with Gasteiger partial charge < -0.3 is 10.1 Å². The van der Waals surface area contributed by atoms with Crippen LogP contribution in [-0.2, 0) is 0 Å². The van der Waals surface area contributed by atoms with Crippen molar-refractivity contribution < 1.29 is 13.9 Å². The zero-order chi connectivity index (χ0) is 13.5. The molecular formula is C13H18FNO2S. The maximum Gasteiger partial charge on any atom is 0.254 e. The lowest BCUT2D eigenvalue weighted by atomic mass is 10.1. The van der Waals surface area contributed by atoms with Gasteiger partial charge in [0.05, 0.1) is 12.7 Å². The van der Waals surface area contributed by atoms with Crippen LogP contribution in [0.15, 0.2) is 18.2 Å². The van der Waals surface area contributed by atoms with Crippen molar-refractivity contribution in [2.75, 3.05) is 19.1 Å². The zero-order valence-corrected chi connectivity index (χ0v) is 11.6. The Morgan fingerprint density at radius 3 is 2.78 bits per heavy atom. The molecule has 1 unspecified atom stereocenters. The third-order valence-corrected chi connectivity index (χ3v) is 3.35. The Labute approximate surface area is 111 Å². The molecular weight excluding hydrogens is 253 g/mol. The Bertz CT molecular complexity index is 412. The minimum Gasteiger partial charge on any atom is -0.497 e. The van der Waals surface area contributed by atoms with Gasteiger partial charge in [0.1, 0.15) is 11.6 Å². The van der Waals surface area contributed by atoms with Gasteiger partial charge in [-0.25, -0.2) is 4.39 Å². The molecule has 0 aliphatic rings. The summed E-state index contributed by atoms with van der Waals surface area (Å²) in [5.74, 6) is 0.280. The smallest absolute Gasteiger partial charge is 0.254 e. The number of ether oxygens (including phenoxy) is 1. The molecule has 0 aromatic heterocycles.